The number of rotatable bonds is 2. The van der Waals surface area contributed by atoms with E-state index in [1.54, 1.807) is 0 Å². The second-order valence-electron chi connectivity index (χ2n) is 5.03. The predicted octanol–water partition coefficient (Wildman–Crippen LogP) is 2.54. The molecule has 0 amide bonds. The maximum absolute atomic E-state index is 9.06. The van der Waals surface area contributed by atoms with Gasteiger partial charge in [-0.15, -0.1) is 0 Å². The van der Waals surface area contributed by atoms with Gasteiger partial charge >= 0.3 is 0 Å². The second kappa shape index (κ2) is 3.92. The third kappa shape index (κ3) is 1.62. The standard InChI is InChI=1S/C14H16N2/c15-8-12-3-1-2-4-13(12)10-16-9-11-5-6-14(16)7-11/h1-4,11,14H,5-7,9-10H2. The number of hydrogen-bond acceptors (Lipinski definition) is 2. The predicted molar refractivity (Wildman–Crippen MR) is 62.7 cm³/mol. The summed E-state index contributed by atoms with van der Waals surface area (Å²) in [5.41, 5.74) is 2.03. The molecule has 1 aliphatic heterocycles. The number of benzene rings is 1. The molecule has 82 valence electrons. The molecule has 1 aromatic carbocycles. The number of fused-ring (bicyclic) bond motifs is 2. The van der Waals surface area contributed by atoms with Gasteiger partial charge < -0.3 is 0 Å². The van der Waals surface area contributed by atoms with Gasteiger partial charge in [0.2, 0.25) is 0 Å². The van der Waals surface area contributed by atoms with E-state index in [0.717, 1.165) is 24.1 Å². The molecule has 2 heteroatoms. The quantitative estimate of drug-likeness (QED) is 0.753. The molecule has 0 N–H and O–H groups in total. The number of nitrogens with zero attached hydrogens (tertiary/aromatic N) is 2. The number of piperidine rings is 1. The highest BCUT2D eigenvalue weighted by Crippen LogP contribution is 2.38. The van der Waals surface area contributed by atoms with Crippen molar-refractivity contribution in [3.05, 3.63) is 35.4 Å². The fourth-order valence-electron chi connectivity index (χ4n) is 3.21. The first-order valence-corrected chi connectivity index (χ1v) is 6.09. The molecule has 2 nitrogen and oxygen atoms in total. The Balaban J connectivity index is 1.77. The SMILES string of the molecule is N#Cc1ccccc1CN1CC2CCC1C2. The van der Waals surface area contributed by atoms with Gasteiger partial charge in [0.1, 0.15) is 0 Å². The maximum Gasteiger partial charge on any atom is 0.0995 e. The molecule has 2 bridgehead atoms. The third-order valence-electron chi connectivity index (χ3n) is 4.03. The molecule has 1 saturated heterocycles. The highest BCUT2D eigenvalue weighted by molar-refractivity contribution is 5.37. The summed E-state index contributed by atoms with van der Waals surface area (Å²) < 4.78 is 0. The van der Waals surface area contributed by atoms with Crippen molar-refractivity contribution in [1.82, 2.24) is 4.90 Å². The Morgan fingerprint density at radius 1 is 1.31 bits per heavy atom. The first-order chi connectivity index (χ1) is 7.86. The summed E-state index contributed by atoms with van der Waals surface area (Å²) in [4.78, 5) is 2.56. The lowest BCUT2D eigenvalue weighted by atomic mass is 10.1. The van der Waals surface area contributed by atoms with Gasteiger partial charge in [-0.05, 0) is 36.8 Å². The van der Waals surface area contributed by atoms with Gasteiger partial charge in [0.05, 0.1) is 11.6 Å². The van der Waals surface area contributed by atoms with E-state index in [1.165, 1.54) is 31.4 Å². The van der Waals surface area contributed by atoms with Crippen LogP contribution in [0.1, 0.15) is 30.4 Å². The molecule has 3 rings (SSSR count). The molecule has 0 radical (unpaired) electrons. The largest absolute Gasteiger partial charge is 0.296 e. The maximum atomic E-state index is 9.06. The lowest BCUT2D eigenvalue weighted by Gasteiger charge is -2.26. The van der Waals surface area contributed by atoms with Crippen LogP contribution < -0.4 is 0 Å². The van der Waals surface area contributed by atoms with Crippen molar-refractivity contribution in [3.63, 3.8) is 0 Å². The molecule has 0 aromatic heterocycles. The van der Waals surface area contributed by atoms with Crippen LogP contribution in [0.4, 0.5) is 0 Å². The van der Waals surface area contributed by atoms with E-state index >= 15 is 0 Å². The van der Waals surface area contributed by atoms with Crippen molar-refractivity contribution in [2.75, 3.05) is 6.54 Å². The van der Waals surface area contributed by atoms with Crippen LogP contribution in [0.25, 0.3) is 0 Å². The van der Waals surface area contributed by atoms with Crippen LogP contribution in [0, 0.1) is 17.2 Å². The summed E-state index contributed by atoms with van der Waals surface area (Å²) in [7, 11) is 0. The van der Waals surface area contributed by atoms with E-state index in [9.17, 15) is 0 Å². The van der Waals surface area contributed by atoms with Crippen LogP contribution in [0.3, 0.4) is 0 Å². The lowest BCUT2D eigenvalue weighted by Crippen LogP contribution is -2.31. The van der Waals surface area contributed by atoms with Gasteiger partial charge in [0.15, 0.2) is 0 Å². The van der Waals surface area contributed by atoms with Crippen LogP contribution in [0.2, 0.25) is 0 Å². The zero-order valence-corrected chi connectivity index (χ0v) is 9.39. The average Bonchev–Trinajstić information content (AvgIpc) is 2.92. The Bertz CT molecular complexity index is 433. The molecule has 1 aliphatic carbocycles. The van der Waals surface area contributed by atoms with Gasteiger partial charge in [-0.2, -0.15) is 5.26 Å². The van der Waals surface area contributed by atoms with Crippen LogP contribution in [0.15, 0.2) is 24.3 Å². The number of hydrogen-bond donors (Lipinski definition) is 0. The van der Waals surface area contributed by atoms with E-state index in [4.69, 9.17) is 5.26 Å². The number of nitriles is 1. The first kappa shape index (κ1) is 9.86. The fourth-order valence-corrected chi connectivity index (χ4v) is 3.21. The summed E-state index contributed by atoms with van der Waals surface area (Å²) >= 11 is 0. The van der Waals surface area contributed by atoms with Crippen molar-refractivity contribution < 1.29 is 0 Å². The van der Waals surface area contributed by atoms with Crippen molar-refractivity contribution >= 4 is 0 Å². The molecule has 2 unspecified atom stereocenters. The third-order valence-corrected chi connectivity index (χ3v) is 4.03. The molecule has 2 aliphatic rings. The molecule has 1 heterocycles. The van der Waals surface area contributed by atoms with E-state index in [1.807, 2.05) is 18.2 Å². The molecule has 1 saturated carbocycles. The van der Waals surface area contributed by atoms with Crippen molar-refractivity contribution in [3.8, 4) is 6.07 Å². The van der Waals surface area contributed by atoms with Crippen LogP contribution in [-0.4, -0.2) is 17.5 Å². The summed E-state index contributed by atoms with van der Waals surface area (Å²) in [5.74, 6) is 0.930. The molecule has 1 aromatic rings. The van der Waals surface area contributed by atoms with Crippen molar-refractivity contribution in [1.29, 1.82) is 5.26 Å². The van der Waals surface area contributed by atoms with E-state index in [0.29, 0.717) is 0 Å². The molecule has 2 atom stereocenters. The summed E-state index contributed by atoms with van der Waals surface area (Å²) in [6.45, 7) is 2.20. The monoisotopic (exact) mass is 212 g/mol. The van der Waals surface area contributed by atoms with Crippen LogP contribution in [-0.2, 0) is 6.54 Å². The van der Waals surface area contributed by atoms with Crippen molar-refractivity contribution in [2.24, 2.45) is 5.92 Å². The Kier molecular flexibility index (Phi) is 2.41. The molecule has 2 fully saturated rings. The Morgan fingerprint density at radius 2 is 2.19 bits per heavy atom. The molecular formula is C14H16N2. The topological polar surface area (TPSA) is 27.0 Å². The summed E-state index contributed by atoms with van der Waals surface area (Å²) in [6, 6.07) is 11.1. The number of likely N-dealkylation sites (tertiary alicyclic amines) is 1. The van der Waals surface area contributed by atoms with Crippen LogP contribution >= 0.6 is 0 Å². The average molecular weight is 212 g/mol. The minimum Gasteiger partial charge on any atom is -0.296 e. The van der Waals surface area contributed by atoms with E-state index in [-0.39, 0.29) is 0 Å². The minimum atomic E-state index is 0.789. The van der Waals surface area contributed by atoms with Gasteiger partial charge in [-0.25, -0.2) is 0 Å². The fraction of sp³-hybridized carbons (Fsp3) is 0.500. The Labute approximate surface area is 96.5 Å². The van der Waals surface area contributed by atoms with E-state index < -0.39 is 0 Å². The van der Waals surface area contributed by atoms with Crippen LogP contribution in [0.5, 0.6) is 0 Å². The van der Waals surface area contributed by atoms with Gasteiger partial charge in [-0.1, -0.05) is 18.2 Å². The minimum absolute atomic E-state index is 0.789. The molecular weight excluding hydrogens is 196 g/mol. The van der Waals surface area contributed by atoms with E-state index in [2.05, 4.69) is 17.0 Å². The smallest absolute Gasteiger partial charge is 0.0995 e. The normalized spacial score (nSPS) is 28.2. The Hall–Kier alpha value is -1.33. The second-order valence-corrected chi connectivity index (χ2v) is 5.03. The molecule has 16 heavy (non-hydrogen) atoms. The zero-order valence-electron chi connectivity index (χ0n) is 9.39. The zero-order chi connectivity index (χ0) is 11.0. The Morgan fingerprint density at radius 3 is 2.88 bits per heavy atom. The summed E-state index contributed by atoms with van der Waals surface area (Å²) in [6.07, 6.45) is 4.16. The lowest BCUT2D eigenvalue weighted by molar-refractivity contribution is 0.205. The van der Waals surface area contributed by atoms with Gasteiger partial charge in [0.25, 0.3) is 0 Å². The first-order valence-electron chi connectivity index (χ1n) is 6.09. The highest BCUT2D eigenvalue weighted by atomic mass is 15.2. The van der Waals surface area contributed by atoms with Gasteiger partial charge in [0, 0.05) is 19.1 Å². The van der Waals surface area contributed by atoms with Crippen molar-refractivity contribution in [2.45, 2.75) is 31.8 Å². The summed E-state index contributed by atoms with van der Waals surface area (Å²) in [5, 5.41) is 9.06. The molecule has 0 spiro atoms. The van der Waals surface area contributed by atoms with Gasteiger partial charge in [-0.3, -0.25) is 4.90 Å². The highest BCUT2D eigenvalue weighted by Gasteiger charge is 2.37.